The second-order valence-electron chi connectivity index (χ2n) is 8.01. The Morgan fingerprint density at radius 3 is 2.49 bits per heavy atom. The Morgan fingerprint density at radius 1 is 1.05 bits per heavy atom. The highest BCUT2D eigenvalue weighted by Crippen LogP contribution is 2.38. The van der Waals surface area contributed by atoms with Crippen LogP contribution in [0.15, 0.2) is 65.6 Å². The molecule has 1 N–H and O–H groups in total. The highest BCUT2D eigenvalue weighted by atomic mass is 35.5. The molecule has 194 valence electrons. The van der Waals surface area contributed by atoms with Crippen LogP contribution in [0.2, 0.25) is 5.02 Å². The first-order valence-corrected chi connectivity index (χ1v) is 13.3. The van der Waals surface area contributed by atoms with E-state index in [1.165, 1.54) is 29.6 Å². The number of carbonyl (C=O) groups is 2. The van der Waals surface area contributed by atoms with Gasteiger partial charge in [-0.05, 0) is 67.6 Å². The fraction of sp³-hybridized carbons (Fsp3) is 0.231. The molecule has 1 heterocycles. The number of methoxy groups -OCH3 is 1. The van der Waals surface area contributed by atoms with Crippen molar-refractivity contribution < 1.29 is 32.2 Å². The summed E-state index contributed by atoms with van der Waals surface area (Å²) in [6.07, 6.45) is 0.436. The summed E-state index contributed by atoms with van der Waals surface area (Å²) in [6.45, 7) is 2.42. The number of fused-ring (bicyclic) bond motifs is 1. The minimum atomic E-state index is -4.11. The molecule has 0 saturated carbocycles. The van der Waals surface area contributed by atoms with Gasteiger partial charge in [0.25, 0.3) is 15.9 Å². The normalized spacial score (nSPS) is 13.1. The number of ether oxygens (including phenoxy) is 3. The molecule has 0 spiro atoms. The summed E-state index contributed by atoms with van der Waals surface area (Å²) < 4.78 is 44.7. The summed E-state index contributed by atoms with van der Waals surface area (Å²) >= 11 is 6.10. The van der Waals surface area contributed by atoms with Crippen LogP contribution in [0.5, 0.6) is 11.5 Å². The van der Waals surface area contributed by atoms with E-state index in [-0.39, 0.29) is 40.1 Å². The highest BCUT2D eigenvalue weighted by molar-refractivity contribution is 7.93. The molecule has 0 radical (unpaired) electrons. The lowest BCUT2D eigenvalue weighted by atomic mass is 10.1. The number of carbonyl (C=O) groups excluding carboxylic acids is 2. The van der Waals surface area contributed by atoms with E-state index in [9.17, 15) is 18.0 Å². The summed E-state index contributed by atoms with van der Waals surface area (Å²) in [4.78, 5) is 24.8. The first-order chi connectivity index (χ1) is 17.7. The number of rotatable bonds is 7. The van der Waals surface area contributed by atoms with Crippen molar-refractivity contribution in [2.75, 3.05) is 36.5 Å². The van der Waals surface area contributed by atoms with Gasteiger partial charge in [0.15, 0.2) is 0 Å². The van der Waals surface area contributed by atoms with Crippen LogP contribution >= 0.6 is 11.6 Å². The van der Waals surface area contributed by atoms with Gasteiger partial charge < -0.3 is 19.5 Å². The number of halogens is 1. The molecule has 0 unspecified atom stereocenters. The zero-order valence-electron chi connectivity index (χ0n) is 20.2. The molecule has 3 aromatic rings. The lowest BCUT2D eigenvalue weighted by molar-refractivity contribution is 0.0526. The van der Waals surface area contributed by atoms with Gasteiger partial charge in [0.2, 0.25) is 0 Å². The number of benzene rings is 3. The lowest BCUT2D eigenvalue weighted by Crippen LogP contribution is -2.32. The van der Waals surface area contributed by atoms with Gasteiger partial charge in [0.1, 0.15) is 16.4 Å². The summed E-state index contributed by atoms with van der Waals surface area (Å²) in [5.74, 6) is -0.439. The van der Waals surface area contributed by atoms with Crippen molar-refractivity contribution in [2.24, 2.45) is 0 Å². The number of sulfonamides is 1. The van der Waals surface area contributed by atoms with Gasteiger partial charge in [-0.15, -0.1) is 0 Å². The van der Waals surface area contributed by atoms with Crippen LogP contribution in [-0.4, -0.2) is 47.2 Å². The average molecular weight is 545 g/mol. The summed E-state index contributed by atoms with van der Waals surface area (Å²) in [5.41, 5.74) is 1.26. The third kappa shape index (κ3) is 5.65. The van der Waals surface area contributed by atoms with E-state index in [0.29, 0.717) is 30.0 Å². The number of nitrogens with one attached hydrogen (secondary N) is 1. The monoisotopic (exact) mass is 544 g/mol. The Bertz CT molecular complexity index is 1430. The Balaban J connectivity index is 1.65. The topological polar surface area (TPSA) is 111 Å². The molecule has 0 atom stereocenters. The second-order valence-corrected chi connectivity index (χ2v) is 10.3. The van der Waals surface area contributed by atoms with Gasteiger partial charge in [-0.2, -0.15) is 0 Å². The fourth-order valence-electron chi connectivity index (χ4n) is 3.81. The minimum absolute atomic E-state index is 0.0908. The zero-order chi connectivity index (χ0) is 26.6. The summed E-state index contributed by atoms with van der Waals surface area (Å²) in [7, 11) is -2.74. The maximum atomic E-state index is 13.7. The van der Waals surface area contributed by atoms with Crippen LogP contribution in [0, 0.1) is 0 Å². The van der Waals surface area contributed by atoms with Crippen LogP contribution in [0.4, 0.5) is 11.4 Å². The molecule has 1 aliphatic rings. The third-order valence-electron chi connectivity index (χ3n) is 5.60. The predicted octanol–water partition coefficient (Wildman–Crippen LogP) is 4.76. The molecule has 0 bridgehead atoms. The van der Waals surface area contributed by atoms with Crippen LogP contribution in [0.25, 0.3) is 0 Å². The van der Waals surface area contributed by atoms with E-state index in [1.54, 1.807) is 49.4 Å². The number of amides is 1. The van der Waals surface area contributed by atoms with Gasteiger partial charge in [-0.25, -0.2) is 13.2 Å². The fourth-order valence-corrected chi connectivity index (χ4v) is 5.74. The molecular weight excluding hydrogens is 520 g/mol. The van der Waals surface area contributed by atoms with Gasteiger partial charge in [0.05, 0.1) is 31.6 Å². The Morgan fingerprint density at radius 2 is 1.78 bits per heavy atom. The lowest BCUT2D eigenvalue weighted by Gasteiger charge is -2.25. The molecule has 0 aliphatic carbocycles. The number of esters is 1. The van der Waals surface area contributed by atoms with Crippen LogP contribution in [-0.2, 0) is 14.8 Å². The summed E-state index contributed by atoms with van der Waals surface area (Å²) in [5, 5.41) is 3.00. The maximum Gasteiger partial charge on any atom is 0.338 e. The standard InChI is InChI=1S/C26H25ClN2O7S/c1-3-35-26(31)17-5-9-20(10-6-17)28-25(30)18-7-11-22-21(15-18)29(13-4-14-36-22)37(32,33)24-16-19(27)8-12-23(24)34-2/h5-12,15-16H,3-4,13-14H2,1-2H3,(H,28,30). The predicted molar refractivity (Wildman–Crippen MR) is 139 cm³/mol. The van der Waals surface area contributed by atoms with E-state index in [2.05, 4.69) is 5.32 Å². The molecule has 0 aromatic heterocycles. The van der Waals surface area contributed by atoms with Crippen molar-refractivity contribution in [3.63, 3.8) is 0 Å². The number of anilines is 2. The summed E-state index contributed by atoms with van der Waals surface area (Å²) in [6, 6.07) is 15.2. The smallest absolute Gasteiger partial charge is 0.338 e. The van der Waals surface area contributed by atoms with E-state index in [1.807, 2.05) is 0 Å². The molecule has 3 aromatic carbocycles. The molecule has 0 saturated heterocycles. The Kier molecular flexibility index (Phi) is 7.89. The van der Waals surface area contributed by atoms with Crippen molar-refractivity contribution in [1.82, 2.24) is 0 Å². The van der Waals surface area contributed by atoms with Crippen molar-refractivity contribution in [3.05, 3.63) is 76.8 Å². The third-order valence-corrected chi connectivity index (χ3v) is 7.67. The van der Waals surface area contributed by atoms with Crippen molar-refractivity contribution in [1.29, 1.82) is 0 Å². The van der Waals surface area contributed by atoms with Crippen LogP contribution in [0.3, 0.4) is 0 Å². The zero-order valence-corrected chi connectivity index (χ0v) is 21.8. The molecule has 4 rings (SSSR count). The molecule has 1 amide bonds. The van der Waals surface area contributed by atoms with E-state index in [0.717, 1.165) is 0 Å². The minimum Gasteiger partial charge on any atom is -0.495 e. The van der Waals surface area contributed by atoms with Crippen molar-refractivity contribution in [2.45, 2.75) is 18.2 Å². The van der Waals surface area contributed by atoms with Crippen molar-refractivity contribution >= 4 is 44.9 Å². The first-order valence-electron chi connectivity index (χ1n) is 11.5. The number of hydrogen-bond donors (Lipinski definition) is 1. The molecule has 11 heteroatoms. The van der Waals surface area contributed by atoms with Gasteiger partial charge in [-0.1, -0.05) is 11.6 Å². The van der Waals surface area contributed by atoms with Gasteiger partial charge in [0, 0.05) is 29.2 Å². The largest absolute Gasteiger partial charge is 0.495 e. The van der Waals surface area contributed by atoms with Crippen LogP contribution in [0.1, 0.15) is 34.1 Å². The number of nitrogens with zero attached hydrogens (tertiary/aromatic N) is 1. The van der Waals surface area contributed by atoms with Gasteiger partial charge >= 0.3 is 5.97 Å². The first kappa shape index (κ1) is 26.3. The van der Waals surface area contributed by atoms with E-state index >= 15 is 0 Å². The van der Waals surface area contributed by atoms with Gasteiger partial charge in [-0.3, -0.25) is 9.10 Å². The quantitative estimate of drug-likeness (QED) is 0.427. The molecule has 0 fully saturated rings. The molecule has 1 aliphatic heterocycles. The Labute approximate surface area is 219 Å². The Hall–Kier alpha value is -3.76. The average Bonchev–Trinajstić information content (AvgIpc) is 3.11. The van der Waals surface area contributed by atoms with E-state index in [4.69, 9.17) is 25.8 Å². The number of hydrogen-bond acceptors (Lipinski definition) is 7. The SMILES string of the molecule is CCOC(=O)c1ccc(NC(=O)c2ccc3c(c2)N(S(=O)(=O)c2cc(Cl)ccc2OC)CCCO3)cc1. The highest BCUT2D eigenvalue weighted by Gasteiger charge is 2.32. The van der Waals surface area contributed by atoms with Crippen molar-refractivity contribution in [3.8, 4) is 11.5 Å². The maximum absolute atomic E-state index is 13.7. The van der Waals surface area contributed by atoms with E-state index < -0.39 is 21.9 Å². The molecule has 9 nitrogen and oxygen atoms in total. The molecule has 37 heavy (non-hydrogen) atoms. The second kappa shape index (κ2) is 11.1. The van der Waals surface area contributed by atoms with Crippen LogP contribution < -0.4 is 19.1 Å². The molecular formula is C26H25ClN2O7S.